The molecular weight excluding hydrogens is 282 g/mol. The molecule has 0 radical (unpaired) electrons. The Hall–Kier alpha value is -2.04. The quantitative estimate of drug-likeness (QED) is 0.615. The van der Waals surface area contributed by atoms with Crippen LogP contribution in [0.5, 0.6) is 5.75 Å². The predicted octanol–water partition coefficient (Wildman–Crippen LogP) is 2.76. The zero-order chi connectivity index (χ0) is 16.4. The molecule has 0 saturated heterocycles. The van der Waals surface area contributed by atoms with Crippen molar-refractivity contribution in [3.05, 3.63) is 29.8 Å². The number of nitrogens with two attached hydrogens (primary N) is 1. The summed E-state index contributed by atoms with van der Waals surface area (Å²) in [5, 5.41) is 8.61. The summed E-state index contributed by atoms with van der Waals surface area (Å²) in [6, 6.07) is 7.85. The molecule has 5 heteroatoms. The van der Waals surface area contributed by atoms with Crippen molar-refractivity contribution in [2.45, 2.75) is 45.4 Å². The second kappa shape index (κ2) is 9.82. The van der Waals surface area contributed by atoms with Crippen molar-refractivity contribution < 1.29 is 19.4 Å². The van der Waals surface area contributed by atoms with Crippen LogP contribution in [0.4, 0.5) is 0 Å². The smallest absolute Gasteiger partial charge is 0.303 e. The van der Waals surface area contributed by atoms with E-state index in [4.69, 9.17) is 15.6 Å². The molecule has 0 aromatic heterocycles. The van der Waals surface area contributed by atoms with Crippen LogP contribution < -0.4 is 10.5 Å². The molecule has 1 aromatic carbocycles. The molecule has 0 bridgehead atoms. The van der Waals surface area contributed by atoms with Crippen molar-refractivity contribution in [1.29, 1.82) is 0 Å². The standard InChI is InChI=1S/C17H25NO4/c1-13(9-10-16(18)19)12-22-15-7-4-6-14(11-15)5-2-3-8-17(20)21/h4,6-7,11,13H,2-3,5,8-10,12H2,1H3,(H2,18,19)(H,20,21)/t13-/m0/s1. The van der Waals surface area contributed by atoms with Gasteiger partial charge in [-0.25, -0.2) is 0 Å². The van der Waals surface area contributed by atoms with Gasteiger partial charge in [-0.3, -0.25) is 9.59 Å². The van der Waals surface area contributed by atoms with Gasteiger partial charge in [0.25, 0.3) is 0 Å². The van der Waals surface area contributed by atoms with Gasteiger partial charge in [0.05, 0.1) is 6.61 Å². The third-order valence-corrected chi connectivity index (χ3v) is 3.42. The Kier molecular flexibility index (Phi) is 8.04. The minimum Gasteiger partial charge on any atom is -0.493 e. The fraction of sp³-hybridized carbons (Fsp3) is 0.529. The van der Waals surface area contributed by atoms with Gasteiger partial charge < -0.3 is 15.6 Å². The molecule has 0 unspecified atom stereocenters. The highest BCUT2D eigenvalue weighted by Crippen LogP contribution is 2.17. The molecule has 1 aromatic rings. The lowest BCUT2D eigenvalue weighted by Crippen LogP contribution is -2.15. The monoisotopic (exact) mass is 307 g/mol. The first-order chi connectivity index (χ1) is 10.5. The number of carbonyl (C=O) groups excluding carboxylic acids is 1. The third-order valence-electron chi connectivity index (χ3n) is 3.42. The summed E-state index contributed by atoms with van der Waals surface area (Å²) in [5.41, 5.74) is 6.27. The van der Waals surface area contributed by atoms with Crippen LogP contribution in [0.2, 0.25) is 0 Å². The highest BCUT2D eigenvalue weighted by atomic mass is 16.5. The number of aryl methyl sites for hydroxylation is 1. The van der Waals surface area contributed by atoms with Gasteiger partial charge in [0.1, 0.15) is 5.75 Å². The first kappa shape index (κ1) is 18.0. The van der Waals surface area contributed by atoms with Crippen molar-refractivity contribution in [3.63, 3.8) is 0 Å². The number of carboxylic acids is 1. The van der Waals surface area contributed by atoms with Crippen molar-refractivity contribution >= 4 is 11.9 Å². The fourth-order valence-corrected chi connectivity index (χ4v) is 2.11. The average molecular weight is 307 g/mol. The van der Waals surface area contributed by atoms with Crippen LogP contribution in [0.3, 0.4) is 0 Å². The topological polar surface area (TPSA) is 89.6 Å². The molecular formula is C17H25NO4. The molecule has 1 amide bonds. The van der Waals surface area contributed by atoms with Crippen LogP contribution in [0.25, 0.3) is 0 Å². The van der Waals surface area contributed by atoms with Gasteiger partial charge in [-0.2, -0.15) is 0 Å². The van der Waals surface area contributed by atoms with E-state index < -0.39 is 5.97 Å². The number of primary amides is 1. The summed E-state index contributed by atoms with van der Waals surface area (Å²) in [7, 11) is 0. The number of hydrogen-bond donors (Lipinski definition) is 2. The first-order valence-electron chi connectivity index (χ1n) is 7.69. The van der Waals surface area contributed by atoms with Gasteiger partial charge in [-0.05, 0) is 49.3 Å². The summed E-state index contributed by atoms with van der Waals surface area (Å²) < 4.78 is 5.74. The Morgan fingerprint density at radius 3 is 2.73 bits per heavy atom. The number of ether oxygens (including phenoxy) is 1. The molecule has 0 fully saturated rings. The normalized spacial score (nSPS) is 11.9. The van der Waals surface area contributed by atoms with Crippen LogP contribution in [0, 0.1) is 5.92 Å². The number of carboxylic acid groups (broad SMARTS) is 1. The van der Waals surface area contributed by atoms with Crippen LogP contribution in [-0.4, -0.2) is 23.6 Å². The number of aliphatic carboxylic acids is 1. The lowest BCUT2D eigenvalue weighted by Gasteiger charge is -2.13. The lowest BCUT2D eigenvalue weighted by molar-refractivity contribution is -0.137. The SMILES string of the molecule is C[C@@H](CCC(N)=O)COc1cccc(CCCCC(=O)O)c1. The number of carbonyl (C=O) groups is 2. The molecule has 1 atom stereocenters. The zero-order valence-electron chi connectivity index (χ0n) is 13.1. The van der Waals surface area contributed by atoms with Crippen molar-refractivity contribution in [1.82, 2.24) is 0 Å². The van der Waals surface area contributed by atoms with Gasteiger partial charge >= 0.3 is 5.97 Å². The minimum atomic E-state index is -0.748. The van der Waals surface area contributed by atoms with Gasteiger partial charge in [0.2, 0.25) is 5.91 Å². The van der Waals surface area contributed by atoms with E-state index in [1.807, 2.05) is 31.2 Å². The van der Waals surface area contributed by atoms with E-state index in [2.05, 4.69) is 0 Å². The summed E-state index contributed by atoms with van der Waals surface area (Å²) in [4.78, 5) is 21.2. The van der Waals surface area contributed by atoms with Crippen LogP contribution in [0.1, 0.15) is 44.6 Å². The Bertz CT molecular complexity index is 487. The van der Waals surface area contributed by atoms with E-state index in [0.717, 1.165) is 30.6 Å². The fourth-order valence-electron chi connectivity index (χ4n) is 2.11. The van der Waals surface area contributed by atoms with E-state index >= 15 is 0 Å². The van der Waals surface area contributed by atoms with Crippen molar-refractivity contribution in [3.8, 4) is 5.75 Å². The zero-order valence-corrected chi connectivity index (χ0v) is 13.1. The maximum atomic E-state index is 10.7. The Morgan fingerprint density at radius 1 is 1.27 bits per heavy atom. The van der Waals surface area contributed by atoms with Gasteiger partial charge in [-0.1, -0.05) is 19.1 Å². The molecule has 0 heterocycles. The Labute approximate surface area is 131 Å². The summed E-state index contributed by atoms with van der Waals surface area (Å²) in [6.45, 7) is 2.58. The van der Waals surface area contributed by atoms with Crippen molar-refractivity contribution in [2.75, 3.05) is 6.61 Å². The van der Waals surface area contributed by atoms with E-state index in [1.54, 1.807) is 0 Å². The third kappa shape index (κ3) is 8.29. The summed E-state index contributed by atoms with van der Waals surface area (Å²) >= 11 is 0. The number of hydrogen-bond acceptors (Lipinski definition) is 3. The van der Waals surface area contributed by atoms with Gasteiger partial charge in [-0.15, -0.1) is 0 Å². The summed E-state index contributed by atoms with van der Waals surface area (Å²) in [5.74, 6) is 0.0469. The molecule has 3 N–H and O–H groups in total. The molecule has 0 spiro atoms. The molecule has 0 aliphatic carbocycles. The van der Waals surface area contributed by atoms with Crippen LogP contribution >= 0.6 is 0 Å². The van der Waals surface area contributed by atoms with Crippen LogP contribution in [-0.2, 0) is 16.0 Å². The molecule has 0 aliphatic heterocycles. The molecule has 5 nitrogen and oxygen atoms in total. The van der Waals surface area contributed by atoms with Crippen molar-refractivity contribution in [2.24, 2.45) is 11.7 Å². The highest BCUT2D eigenvalue weighted by Gasteiger charge is 2.06. The molecule has 122 valence electrons. The minimum absolute atomic E-state index is 0.216. The number of amides is 1. The van der Waals surface area contributed by atoms with E-state index in [1.165, 1.54) is 0 Å². The van der Waals surface area contributed by atoms with E-state index in [9.17, 15) is 9.59 Å². The molecule has 22 heavy (non-hydrogen) atoms. The van der Waals surface area contributed by atoms with Crippen LogP contribution in [0.15, 0.2) is 24.3 Å². The number of rotatable bonds is 11. The highest BCUT2D eigenvalue weighted by molar-refractivity contribution is 5.73. The van der Waals surface area contributed by atoms with E-state index in [-0.39, 0.29) is 18.2 Å². The number of benzene rings is 1. The molecule has 1 rings (SSSR count). The largest absolute Gasteiger partial charge is 0.493 e. The van der Waals surface area contributed by atoms with Gasteiger partial charge in [0.15, 0.2) is 0 Å². The maximum Gasteiger partial charge on any atom is 0.303 e. The second-order valence-electron chi connectivity index (χ2n) is 5.67. The number of unbranched alkanes of at least 4 members (excludes halogenated alkanes) is 1. The van der Waals surface area contributed by atoms with Gasteiger partial charge in [0, 0.05) is 12.8 Å². The first-order valence-corrected chi connectivity index (χ1v) is 7.69. The second-order valence-corrected chi connectivity index (χ2v) is 5.67. The maximum absolute atomic E-state index is 10.7. The lowest BCUT2D eigenvalue weighted by atomic mass is 10.1. The van der Waals surface area contributed by atoms with E-state index in [0.29, 0.717) is 19.4 Å². The Balaban J connectivity index is 2.34. The predicted molar refractivity (Wildman–Crippen MR) is 84.7 cm³/mol. The Morgan fingerprint density at radius 2 is 2.05 bits per heavy atom. The molecule has 0 saturated carbocycles. The average Bonchev–Trinajstić information content (AvgIpc) is 2.47. The summed E-state index contributed by atoms with van der Waals surface area (Å²) in [6.07, 6.45) is 3.71. The molecule has 0 aliphatic rings.